The second-order valence-corrected chi connectivity index (χ2v) is 5.79. The van der Waals surface area contributed by atoms with E-state index in [0.717, 1.165) is 12.4 Å². The van der Waals surface area contributed by atoms with E-state index in [1.807, 2.05) is 0 Å². The molecule has 2 fully saturated rings. The summed E-state index contributed by atoms with van der Waals surface area (Å²) in [5.74, 6) is 3.12. The predicted octanol–water partition coefficient (Wildman–Crippen LogP) is 2.80. The lowest BCUT2D eigenvalue weighted by atomic mass is 9.97. The molecular weight excluding hydrogens is 222 g/mol. The number of nitrogens with one attached hydrogen (secondary N) is 1. The van der Waals surface area contributed by atoms with Crippen LogP contribution in [-0.2, 0) is 4.79 Å². The van der Waals surface area contributed by atoms with Gasteiger partial charge in [-0.25, -0.2) is 0 Å². The minimum absolute atomic E-state index is 0.218. The molecule has 0 radical (unpaired) electrons. The number of rotatable bonds is 5. The van der Waals surface area contributed by atoms with Crippen molar-refractivity contribution in [1.82, 2.24) is 5.32 Å². The summed E-state index contributed by atoms with van der Waals surface area (Å²) in [6, 6.07) is 0. The summed E-state index contributed by atoms with van der Waals surface area (Å²) in [7, 11) is 0. The summed E-state index contributed by atoms with van der Waals surface area (Å²) in [4.78, 5) is 11.8. The van der Waals surface area contributed by atoms with E-state index in [4.69, 9.17) is 11.6 Å². The van der Waals surface area contributed by atoms with Crippen molar-refractivity contribution in [3.8, 4) is 0 Å². The zero-order valence-electron chi connectivity index (χ0n) is 10.0. The molecule has 1 N–H and O–H groups in total. The zero-order chi connectivity index (χ0) is 11.5. The topological polar surface area (TPSA) is 29.1 Å². The molecule has 3 unspecified atom stereocenters. The van der Waals surface area contributed by atoms with E-state index in [-0.39, 0.29) is 11.8 Å². The minimum Gasteiger partial charge on any atom is -0.356 e. The molecule has 16 heavy (non-hydrogen) atoms. The Morgan fingerprint density at radius 2 is 2.00 bits per heavy atom. The smallest absolute Gasteiger partial charge is 0.223 e. The van der Waals surface area contributed by atoms with Crippen LogP contribution in [0.25, 0.3) is 0 Å². The molecule has 0 aliphatic heterocycles. The van der Waals surface area contributed by atoms with Crippen molar-refractivity contribution in [3.63, 3.8) is 0 Å². The van der Waals surface area contributed by atoms with E-state index < -0.39 is 0 Å². The Labute approximate surface area is 103 Å². The summed E-state index contributed by atoms with van der Waals surface area (Å²) < 4.78 is 0. The maximum atomic E-state index is 11.8. The molecule has 0 aromatic rings. The molecule has 0 aromatic heterocycles. The van der Waals surface area contributed by atoms with Crippen molar-refractivity contribution in [1.29, 1.82) is 0 Å². The number of carbonyl (C=O) groups excluding carboxylic acids is 1. The van der Waals surface area contributed by atoms with Crippen LogP contribution in [0.1, 0.15) is 39.0 Å². The highest BCUT2D eigenvalue weighted by atomic mass is 35.5. The number of hydrogen-bond acceptors (Lipinski definition) is 1. The summed E-state index contributed by atoms with van der Waals surface area (Å²) >= 11 is 5.93. The Hall–Kier alpha value is -0.240. The van der Waals surface area contributed by atoms with E-state index in [1.165, 1.54) is 32.1 Å². The van der Waals surface area contributed by atoms with Gasteiger partial charge < -0.3 is 5.32 Å². The van der Waals surface area contributed by atoms with Crippen molar-refractivity contribution in [2.75, 3.05) is 12.4 Å². The average molecular weight is 244 g/mol. The van der Waals surface area contributed by atoms with E-state index in [0.29, 0.717) is 17.8 Å². The summed E-state index contributed by atoms with van der Waals surface area (Å²) in [6.45, 7) is 2.90. The van der Waals surface area contributed by atoms with Gasteiger partial charge in [-0.3, -0.25) is 4.79 Å². The normalized spacial score (nSPS) is 31.4. The average Bonchev–Trinajstić information content (AvgIpc) is 3.04. The van der Waals surface area contributed by atoms with Gasteiger partial charge in [0.25, 0.3) is 0 Å². The molecule has 0 bridgehead atoms. The van der Waals surface area contributed by atoms with Crippen molar-refractivity contribution < 1.29 is 4.79 Å². The standard InChI is InChI=1S/C13H22ClNO/c1-9(10-5-6-10)13(16)15-8-12-4-2-3-11(12)7-14/h9-12H,2-8H2,1H3,(H,15,16). The second-order valence-electron chi connectivity index (χ2n) is 5.48. The van der Waals surface area contributed by atoms with Crippen LogP contribution in [0, 0.1) is 23.7 Å². The van der Waals surface area contributed by atoms with Gasteiger partial charge in [0.2, 0.25) is 5.91 Å². The van der Waals surface area contributed by atoms with Gasteiger partial charge in [-0.15, -0.1) is 11.6 Å². The summed E-state index contributed by atoms with van der Waals surface area (Å²) in [5.41, 5.74) is 0. The minimum atomic E-state index is 0.218. The zero-order valence-corrected chi connectivity index (χ0v) is 10.8. The molecule has 3 heteroatoms. The van der Waals surface area contributed by atoms with Gasteiger partial charge in [0.1, 0.15) is 0 Å². The molecule has 3 atom stereocenters. The SMILES string of the molecule is CC(C(=O)NCC1CCCC1CCl)C1CC1. The van der Waals surface area contributed by atoms with Crippen LogP contribution >= 0.6 is 11.6 Å². The number of halogens is 1. The Bertz CT molecular complexity index is 252. The molecular formula is C13H22ClNO. The fourth-order valence-electron chi connectivity index (χ4n) is 2.79. The van der Waals surface area contributed by atoms with Crippen LogP contribution in [0.4, 0.5) is 0 Å². The number of hydrogen-bond donors (Lipinski definition) is 1. The first-order valence-corrected chi connectivity index (χ1v) is 7.09. The third-order valence-corrected chi connectivity index (χ3v) is 4.69. The van der Waals surface area contributed by atoms with Gasteiger partial charge in [0.05, 0.1) is 0 Å². The summed E-state index contributed by atoms with van der Waals surface area (Å²) in [6.07, 6.45) is 6.22. The number of carbonyl (C=O) groups is 1. The van der Waals surface area contributed by atoms with E-state index >= 15 is 0 Å². The number of amides is 1. The van der Waals surface area contributed by atoms with Gasteiger partial charge >= 0.3 is 0 Å². The first-order chi connectivity index (χ1) is 7.72. The Balaban J connectivity index is 1.71. The Kier molecular flexibility index (Phi) is 4.12. The predicted molar refractivity (Wildman–Crippen MR) is 66.4 cm³/mol. The highest BCUT2D eigenvalue weighted by molar-refractivity contribution is 6.18. The Morgan fingerprint density at radius 1 is 1.31 bits per heavy atom. The monoisotopic (exact) mass is 243 g/mol. The molecule has 0 saturated heterocycles. The van der Waals surface area contributed by atoms with Gasteiger partial charge in [-0.1, -0.05) is 13.3 Å². The third-order valence-electron chi connectivity index (χ3n) is 4.30. The molecule has 2 nitrogen and oxygen atoms in total. The van der Waals surface area contributed by atoms with E-state index in [2.05, 4.69) is 12.2 Å². The quantitative estimate of drug-likeness (QED) is 0.740. The van der Waals surface area contributed by atoms with Crippen LogP contribution in [0.3, 0.4) is 0 Å². The fraction of sp³-hybridized carbons (Fsp3) is 0.923. The molecule has 0 aromatic carbocycles. The molecule has 92 valence electrons. The van der Waals surface area contributed by atoms with Gasteiger partial charge in [-0.05, 0) is 43.4 Å². The van der Waals surface area contributed by atoms with Gasteiger partial charge in [-0.2, -0.15) is 0 Å². The molecule has 2 aliphatic carbocycles. The third kappa shape index (κ3) is 2.91. The van der Waals surface area contributed by atoms with Crippen molar-refractivity contribution >= 4 is 17.5 Å². The fourth-order valence-corrected chi connectivity index (χ4v) is 3.19. The van der Waals surface area contributed by atoms with Crippen molar-refractivity contribution in [3.05, 3.63) is 0 Å². The molecule has 0 heterocycles. The van der Waals surface area contributed by atoms with Crippen LogP contribution in [0.5, 0.6) is 0 Å². The molecule has 2 saturated carbocycles. The first kappa shape index (κ1) is 12.2. The van der Waals surface area contributed by atoms with Gasteiger partial charge in [0.15, 0.2) is 0 Å². The van der Waals surface area contributed by atoms with Crippen LogP contribution in [0.15, 0.2) is 0 Å². The number of alkyl halides is 1. The Morgan fingerprint density at radius 3 is 2.62 bits per heavy atom. The summed E-state index contributed by atoms with van der Waals surface area (Å²) in [5, 5.41) is 3.11. The second kappa shape index (κ2) is 5.39. The largest absolute Gasteiger partial charge is 0.356 e. The van der Waals surface area contributed by atoms with E-state index in [1.54, 1.807) is 0 Å². The first-order valence-electron chi connectivity index (χ1n) is 6.56. The van der Waals surface area contributed by atoms with Crippen LogP contribution in [-0.4, -0.2) is 18.3 Å². The lowest BCUT2D eigenvalue weighted by Gasteiger charge is -2.19. The maximum Gasteiger partial charge on any atom is 0.223 e. The molecule has 1 amide bonds. The van der Waals surface area contributed by atoms with Crippen molar-refractivity contribution in [2.45, 2.75) is 39.0 Å². The van der Waals surface area contributed by atoms with Crippen LogP contribution in [0.2, 0.25) is 0 Å². The van der Waals surface area contributed by atoms with Gasteiger partial charge in [0, 0.05) is 18.3 Å². The molecule has 0 spiro atoms. The highest BCUT2D eigenvalue weighted by Gasteiger charge is 2.33. The van der Waals surface area contributed by atoms with Crippen LogP contribution < -0.4 is 5.32 Å². The lowest BCUT2D eigenvalue weighted by Crippen LogP contribution is -2.35. The lowest BCUT2D eigenvalue weighted by molar-refractivity contribution is -0.125. The highest BCUT2D eigenvalue weighted by Crippen LogP contribution is 2.37. The molecule has 2 rings (SSSR count). The van der Waals surface area contributed by atoms with Crippen molar-refractivity contribution in [2.24, 2.45) is 23.7 Å². The molecule has 2 aliphatic rings. The maximum absolute atomic E-state index is 11.8. The van der Waals surface area contributed by atoms with E-state index in [9.17, 15) is 4.79 Å².